The van der Waals surface area contributed by atoms with Crippen molar-refractivity contribution >= 4 is 5.91 Å². The molecule has 1 amide bonds. The first-order valence-electron chi connectivity index (χ1n) is 6.35. The standard InChI is InChI=1S/C13H28N2O2/c1-9(2)8-10(14)12(17)15-11(6-7-16)13(3,4)5/h9-11,16H,6-8,14H2,1-5H3,(H,15,17). The van der Waals surface area contributed by atoms with Gasteiger partial charge in [-0.1, -0.05) is 34.6 Å². The van der Waals surface area contributed by atoms with Gasteiger partial charge in [-0.3, -0.25) is 4.79 Å². The van der Waals surface area contributed by atoms with Gasteiger partial charge in [0.1, 0.15) is 0 Å². The van der Waals surface area contributed by atoms with Crippen LogP contribution in [0.2, 0.25) is 0 Å². The first kappa shape index (κ1) is 16.4. The van der Waals surface area contributed by atoms with Crippen LogP contribution in [0.15, 0.2) is 0 Å². The number of carbonyl (C=O) groups is 1. The summed E-state index contributed by atoms with van der Waals surface area (Å²) >= 11 is 0. The smallest absolute Gasteiger partial charge is 0.237 e. The molecule has 4 heteroatoms. The van der Waals surface area contributed by atoms with E-state index in [4.69, 9.17) is 10.8 Å². The Morgan fingerprint density at radius 2 is 1.88 bits per heavy atom. The molecule has 0 aromatic rings. The molecule has 0 aliphatic carbocycles. The second kappa shape index (κ2) is 6.97. The zero-order chi connectivity index (χ0) is 13.6. The van der Waals surface area contributed by atoms with Gasteiger partial charge >= 0.3 is 0 Å². The van der Waals surface area contributed by atoms with E-state index in [-0.39, 0.29) is 24.0 Å². The van der Waals surface area contributed by atoms with E-state index in [0.29, 0.717) is 18.8 Å². The summed E-state index contributed by atoms with van der Waals surface area (Å²) in [6.45, 7) is 10.3. The zero-order valence-corrected chi connectivity index (χ0v) is 11.8. The normalized spacial score (nSPS) is 15.8. The minimum atomic E-state index is -0.460. The number of amides is 1. The summed E-state index contributed by atoms with van der Waals surface area (Å²) in [5.74, 6) is 0.286. The SMILES string of the molecule is CC(C)CC(N)C(=O)NC(CCO)C(C)(C)C. The van der Waals surface area contributed by atoms with E-state index in [1.54, 1.807) is 0 Å². The van der Waals surface area contributed by atoms with Gasteiger partial charge in [0.15, 0.2) is 0 Å². The van der Waals surface area contributed by atoms with Crippen molar-refractivity contribution in [3.05, 3.63) is 0 Å². The third-order valence-corrected chi connectivity index (χ3v) is 2.84. The van der Waals surface area contributed by atoms with Crippen molar-refractivity contribution in [2.45, 2.75) is 59.5 Å². The van der Waals surface area contributed by atoms with E-state index in [1.807, 2.05) is 34.6 Å². The average molecular weight is 244 g/mol. The lowest BCUT2D eigenvalue weighted by Crippen LogP contribution is -2.50. The summed E-state index contributed by atoms with van der Waals surface area (Å²) in [5, 5.41) is 12.0. The molecule has 0 aliphatic rings. The van der Waals surface area contributed by atoms with Crippen LogP contribution in [-0.2, 0) is 4.79 Å². The summed E-state index contributed by atoms with van der Waals surface area (Å²) in [6, 6.07) is -0.503. The Labute approximate surface area is 105 Å². The van der Waals surface area contributed by atoms with E-state index in [1.165, 1.54) is 0 Å². The molecule has 0 fully saturated rings. The van der Waals surface area contributed by atoms with Crippen molar-refractivity contribution in [1.82, 2.24) is 5.32 Å². The maximum atomic E-state index is 11.9. The summed E-state index contributed by atoms with van der Waals surface area (Å²) in [6.07, 6.45) is 1.24. The van der Waals surface area contributed by atoms with Crippen LogP contribution in [-0.4, -0.2) is 29.7 Å². The molecule has 0 aliphatic heterocycles. The van der Waals surface area contributed by atoms with Crippen molar-refractivity contribution in [3.8, 4) is 0 Å². The molecule has 102 valence electrons. The topological polar surface area (TPSA) is 75.4 Å². The number of nitrogens with two attached hydrogens (primary N) is 1. The summed E-state index contributed by atoms with van der Waals surface area (Å²) in [7, 11) is 0. The van der Waals surface area contributed by atoms with E-state index >= 15 is 0 Å². The van der Waals surface area contributed by atoms with Gasteiger partial charge < -0.3 is 16.2 Å². The highest BCUT2D eigenvalue weighted by Crippen LogP contribution is 2.21. The van der Waals surface area contributed by atoms with Crippen molar-refractivity contribution in [2.75, 3.05) is 6.61 Å². The van der Waals surface area contributed by atoms with E-state index < -0.39 is 6.04 Å². The van der Waals surface area contributed by atoms with E-state index in [2.05, 4.69) is 5.32 Å². The molecule has 0 saturated heterocycles. The maximum absolute atomic E-state index is 11.9. The van der Waals surface area contributed by atoms with Gasteiger partial charge in [-0.15, -0.1) is 0 Å². The largest absolute Gasteiger partial charge is 0.396 e. The molecule has 4 nitrogen and oxygen atoms in total. The summed E-state index contributed by atoms with van der Waals surface area (Å²) in [5.41, 5.74) is 5.76. The van der Waals surface area contributed by atoms with Crippen LogP contribution in [0.5, 0.6) is 0 Å². The van der Waals surface area contributed by atoms with E-state index in [0.717, 1.165) is 0 Å². The lowest BCUT2D eigenvalue weighted by Gasteiger charge is -2.32. The Morgan fingerprint density at radius 1 is 1.35 bits per heavy atom. The van der Waals surface area contributed by atoms with Crippen LogP contribution >= 0.6 is 0 Å². The Morgan fingerprint density at radius 3 is 2.24 bits per heavy atom. The third kappa shape index (κ3) is 6.64. The maximum Gasteiger partial charge on any atom is 0.237 e. The Bertz CT molecular complexity index is 234. The first-order chi connectivity index (χ1) is 7.68. The molecule has 0 aromatic heterocycles. The molecular weight excluding hydrogens is 216 g/mol. The van der Waals surface area contributed by atoms with Crippen LogP contribution in [0.25, 0.3) is 0 Å². The first-order valence-corrected chi connectivity index (χ1v) is 6.35. The lowest BCUT2D eigenvalue weighted by atomic mass is 9.84. The molecule has 0 saturated carbocycles. The minimum Gasteiger partial charge on any atom is -0.396 e. The van der Waals surface area contributed by atoms with Crippen molar-refractivity contribution < 1.29 is 9.90 Å². The van der Waals surface area contributed by atoms with Crippen LogP contribution < -0.4 is 11.1 Å². The highest BCUT2D eigenvalue weighted by Gasteiger charge is 2.27. The lowest BCUT2D eigenvalue weighted by molar-refractivity contribution is -0.124. The predicted molar refractivity (Wildman–Crippen MR) is 70.5 cm³/mol. The number of hydrogen-bond acceptors (Lipinski definition) is 3. The quantitative estimate of drug-likeness (QED) is 0.658. The predicted octanol–water partition coefficient (Wildman–Crippen LogP) is 1.27. The number of nitrogens with one attached hydrogen (secondary N) is 1. The molecule has 0 aromatic carbocycles. The molecule has 4 N–H and O–H groups in total. The van der Waals surface area contributed by atoms with E-state index in [9.17, 15) is 4.79 Å². The molecule has 0 heterocycles. The second-order valence-corrected chi connectivity index (χ2v) is 6.18. The fraction of sp³-hybridized carbons (Fsp3) is 0.923. The van der Waals surface area contributed by atoms with Crippen molar-refractivity contribution in [1.29, 1.82) is 0 Å². The van der Waals surface area contributed by atoms with Crippen LogP contribution in [0, 0.1) is 11.3 Å². The van der Waals surface area contributed by atoms with Crippen LogP contribution in [0.3, 0.4) is 0 Å². The number of aliphatic hydroxyl groups excluding tert-OH is 1. The van der Waals surface area contributed by atoms with Gasteiger partial charge in [0.2, 0.25) is 5.91 Å². The Hall–Kier alpha value is -0.610. The third-order valence-electron chi connectivity index (χ3n) is 2.84. The number of hydrogen-bond donors (Lipinski definition) is 3. The van der Waals surface area contributed by atoms with Crippen LogP contribution in [0.4, 0.5) is 0 Å². The number of rotatable bonds is 6. The monoisotopic (exact) mass is 244 g/mol. The zero-order valence-electron chi connectivity index (χ0n) is 11.8. The molecule has 0 bridgehead atoms. The molecule has 0 radical (unpaired) electrons. The molecule has 2 unspecified atom stereocenters. The Balaban J connectivity index is 4.40. The minimum absolute atomic E-state index is 0.0433. The van der Waals surface area contributed by atoms with Crippen molar-refractivity contribution in [2.24, 2.45) is 17.1 Å². The molecule has 17 heavy (non-hydrogen) atoms. The second-order valence-electron chi connectivity index (χ2n) is 6.18. The van der Waals surface area contributed by atoms with Gasteiger partial charge in [-0.25, -0.2) is 0 Å². The van der Waals surface area contributed by atoms with Crippen molar-refractivity contribution in [3.63, 3.8) is 0 Å². The van der Waals surface area contributed by atoms with Gasteiger partial charge in [0, 0.05) is 12.6 Å². The summed E-state index contributed by atoms with van der Waals surface area (Å²) in [4.78, 5) is 11.9. The fourth-order valence-electron chi connectivity index (χ4n) is 1.74. The highest BCUT2D eigenvalue weighted by molar-refractivity contribution is 5.81. The Kier molecular flexibility index (Phi) is 6.72. The highest BCUT2D eigenvalue weighted by atomic mass is 16.3. The van der Waals surface area contributed by atoms with Gasteiger partial charge in [-0.05, 0) is 24.2 Å². The molecule has 0 rings (SSSR count). The number of carbonyl (C=O) groups excluding carboxylic acids is 1. The summed E-state index contributed by atoms with van der Waals surface area (Å²) < 4.78 is 0. The van der Waals surface area contributed by atoms with Gasteiger partial charge in [0.25, 0.3) is 0 Å². The fourth-order valence-corrected chi connectivity index (χ4v) is 1.74. The van der Waals surface area contributed by atoms with Gasteiger partial charge in [-0.2, -0.15) is 0 Å². The number of aliphatic hydroxyl groups is 1. The molecule has 0 spiro atoms. The average Bonchev–Trinajstić information content (AvgIpc) is 2.14. The molecule has 2 atom stereocenters. The molecular formula is C13H28N2O2. The van der Waals surface area contributed by atoms with Gasteiger partial charge in [0.05, 0.1) is 6.04 Å². The van der Waals surface area contributed by atoms with Crippen LogP contribution in [0.1, 0.15) is 47.5 Å².